The first-order valence-corrected chi connectivity index (χ1v) is 6.51. The van der Waals surface area contributed by atoms with Gasteiger partial charge in [0.1, 0.15) is 0 Å². The first-order valence-electron chi connectivity index (χ1n) is 6.51. The lowest BCUT2D eigenvalue weighted by Gasteiger charge is -2.26. The van der Waals surface area contributed by atoms with Crippen molar-refractivity contribution < 1.29 is 9.47 Å². The zero-order valence-corrected chi connectivity index (χ0v) is 11.4. The Bertz CT molecular complexity index is 389. The predicted octanol–water partition coefficient (Wildman–Crippen LogP) is 3.57. The highest BCUT2D eigenvalue weighted by Crippen LogP contribution is 2.28. The molecule has 18 heavy (non-hydrogen) atoms. The molecule has 1 aliphatic rings. The van der Waals surface area contributed by atoms with Gasteiger partial charge in [0.05, 0.1) is 25.4 Å². The van der Waals surface area contributed by atoms with Crippen LogP contribution in [0, 0.1) is 5.41 Å². The molecule has 0 N–H and O–H groups in total. The Morgan fingerprint density at radius 2 is 1.83 bits per heavy atom. The molecule has 1 heterocycles. The van der Waals surface area contributed by atoms with E-state index in [1.54, 1.807) is 0 Å². The van der Waals surface area contributed by atoms with Crippen LogP contribution in [0.1, 0.15) is 26.3 Å². The molecule has 0 saturated carbocycles. The Morgan fingerprint density at radius 1 is 1.11 bits per heavy atom. The van der Waals surface area contributed by atoms with E-state index in [-0.39, 0.29) is 17.6 Å². The van der Waals surface area contributed by atoms with Gasteiger partial charge in [-0.05, 0) is 11.0 Å². The molecule has 2 nitrogen and oxygen atoms in total. The maximum absolute atomic E-state index is 5.93. The highest BCUT2D eigenvalue weighted by Gasteiger charge is 2.29. The highest BCUT2D eigenvalue weighted by molar-refractivity contribution is 5.13. The Labute approximate surface area is 110 Å². The van der Waals surface area contributed by atoms with Gasteiger partial charge < -0.3 is 9.47 Å². The van der Waals surface area contributed by atoms with Gasteiger partial charge in [-0.1, -0.05) is 63.3 Å². The van der Waals surface area contributed by atoms with Crippen LogP contribution in [-0.2, 0) is 16.1 Å². The minimum atomic E-state index is 0.0953. The summed E-state index contributed by atoms with van der Waals surface area (Å²) in [5.41, 5.74) is 1.36. The normalized spacial score (nSPS) is 23.5. The lowest BCUT2D eigenvalue weighted by atomic mass is 9.89. The molecule has 0 amide bonds. The molecule has 2 rings (SSSR count). The molecule has 0 spiro atoms. The van der Waals surface area contributed by atoms with E-state index in [0.29, 0.717) is 13.2 Å². The van der Waals surface area contributed by atoms with Crippen molar-refractivity contribution in [2.75, 3.05) is 6.61 Å². The van der Waals surface area contributed by atoms with Crippen LogP contribution in [0.2, 0.25) is 0 Å². The molecule has 0 aromatic heterocycles. The second-order valence-electron chi connectivity index (χ2n) is 5.85. The fourth-order valence-electron chi connectivity index (χ4n) is 1.96. The third-order valence-corrected chi connectivity index (χ3v) is 3.07. The van der Waals surface area contributed by atoms with Crippen molar-refractivity contribution in [3.8, 4) is 0 Å². The van der Waals surface area contributed by atoms with Gasteiger partial charge >= 0.3 is 0 Å². The van der Waals surface area contributed by atoms with Gasteiger partial charge in [-0.3, -0.25) is 0 Å². The molecular formula is C16H22O2. The van der Waals surface area contributed by atoms with Gasteiger partial charge in [-0.2, -0.15) is 0 Å². The Morgan fingerprint density at radius 3 is 2.44 bits per heavy atom. The Hall–Kier alpha value is -1.12. The third kappa shape index (κ3) is 3.69. The number of benzene rings is 1. The molecule has 2 heteroatoms. The van der Waals surface area contributed by atoms with E-state index in [1.165, 1.54) is 5.56 Å². The van der Waals surface area contributed by atoms with Gasteiger partial charge in [-0.25, -0.2) is 0 Å². The van der Waals surface area contributed by atoms with Gasteiger partial charge in [-0.15, -0.1) is 0 Å². The summed E-state index contributed by atoms with van der Waals surface area (Å²) in [4.78, 5) is 0. The number of ether oxygens (including phenoxy) is 2. The number of hydrogen-bond donors (Lipinski definition) is 0. The van der Waals surface area contributed by atoms with Crippen LogP contribution in [0.3, 0.4) is 0 Å². The monoisotopic (exact) mass is 246 g/mol. The van der Waals surface area contributed by atoms with Crippen LogP contribution in [0.4, 0.5) is 0 Å². The average molecular weight is 246 g/mol. The van der Waals surface area contributed by atoms with Crippen LogP contribution in [-0.4, -0.2) is 18.8 Å². The Kier molecular flexibility index (Phi) is 4.20. The molecule has 0 aliphatic carbocycles. The van der Waals surface area contributed by atoms with Crippen molar-refractivity contribution >= 4 is 0 Å². The van der Waals surface area contributed by atoms with Gasteiger partial charge in [0.2, 0.25) is 0 Å². The molecule has 0 saturated heterocycles. The average Bonchev–Trinajstić information content (AvgIpc) is 2.79. The first-order chi connectivity index (χ1) is 8.55. The van der Waals surface area contributed by atoms with Gasteiger partial charge in [0.25, 0.3) is 0 Å². The Balaban J connectivity index is 1.72. The maximum atomic E-state index is 5.93. The SMILES string of the molecule is CC(C)(C)[C@H]1C=C[C@@H](COCc2ccccc2)O1. The second-order valence-corrected chi connectivity index (χ2v) is 5.85. The molecule has 1 aromatic carbocycles. The van der Waals surface area contributed by atoms with Crippen LogP contribution in [0.25, 0.3) is 0 Å². The van der Waals surface area contributed by atoms with E-state index >= 15 is 0 Å². The van der Waals surface area contributed by atoms with Crippen molar-refractivity contribution in [3.63, 3.8) is 0 Å². The van der Waals surface area contributed by atoms with E-state index in [1.807, 2.05) is 18.2 Å². The lowest BCUT2D eigenvalue weighted by molar-refractivity contribution is -0.0418. The van der Waals surface area contributed by atoms with E-state index < -0.39 is 0 Å². The van der Waals surface area contributed by atoms with E-state index in [2.05, 4.69) is 45.1 Å². The highest BCUT2D eigenvalue weighted by atomic mass is 16.5. The molecule has 98 valence electrons. The molecular weight excluding hydrogens is 224 g/mol. The predicted molar refractivity (Wildman–Crippen MR) is 73.4 cm³/mol. The summed E-state index contributed by atoms with van der Waals surface area (Å²) in [6.45, 7) is 7.84. The topological polar surface area (TPSA) is 18.5 Å². The molecule has 0 fully saturated rings. The van der Waals surface area contributed by atoms with Crippen LogP contribution < -0.4 is 0 Å². The fraction of sp³-hybridized carbons (Fsp3) is 0.500. The summed E-state index contributed by atoms with van der Waals surface area (Å²) >= 11 is 0. The maximum Gasteiger partial charge on any atom is 0.0998 e. The summed E-state index contributed by atoms with van der Waals surface area (Å²) < 4.78 is 11.6. The largest absolute Gasteiger partial charge is 0.374 e. The summed E-state index contributed by atoms with van der Waals surface area (Å²) in [7, 11) is 0. The molecule has 1 aromatic rings. The summed E-state index contributed by atoms with van der Waals surface area (Å²) in [5, 5.41) is 0. The fourth-order valence-corrected chi connectivity index (χ4v) is 1.96. The van der Waals surface area contributed by atoms with E-state index in [4.69, 9.17) is 9.47 Å². The van der Waals surface area contributed by atoms with E-state index in [9.17, 15) is 0 Å². The van der Waals surface area contributed by atoms with Crippen molar-refractivity contribution in [2.24, 2.45) is 5.41 Å². The molecule has 0 unspecified atom stereocenters. The smallest absolute Gasteiger partial charge is 0.0998 e. The zero-order valence-electron chi connectivity index (χ0n) is 11.4. The minimum absolute atomic E-state index is 0.0953. The van der Waals surface area contributed by atoms with Crippen LogP contribution in [0.15, 0.2) is 42.5 Å². The molecule has 0 bridgehead atoms. The third-order valence-electron chi connectivity index (χ3n) is 3.07. The first kappa shape index (κ1) is 13.3. The number of rotatable bonds is 4. The van der Waals surface area contributed by atoms with Crippen LogP contribution in [0.5, 0.6) is 0 Å². The summed E-state index contributed by atoms with van der Waals surface area (Å²) in [5.74, 6) is 0. The quantitative estimate of drug-likeness (QED) is 0.756. The minimum Gasteiger partial charge on any atom is -0.374 e. The second kappa shape index (κ2) is 5.68. The van der Waals surface area contributed by atoms with Crippen molar-refractivity contribution in [1.82, 2.24) is 0 Å². The lowest BCUT2D eigenvalue weighted by Crippen LogP contribution is -2.28. The van der Waals surface area contributed by atoms with Gasteiger partial charge in [0.15, 0.2) is 0 Å². The summed E-state index contributed by atoms with van der Waals surface area (Å²) in [6.07, 6.45) is 4.55. The van der Waals surface area contributed by atoms with Crippen molar-refractivity contribution in [3.05, 3.63) is 48.0 Å². The van der Waals surface area contributed by atoms with Crippen LogP contribution >= 0.6 is 0 Å². The van der Waals surface area contributed by atoms with Crippen molar-refractivity contribution in [1.29, 1.82) is 0 Å². The zero-order chi connectivity index (χ0) is 13.0. The standard InChI is InChI=1S/C16H22O2/c1-16(2,3)15-10-9-14(18-15)12-17-11-13-7-5-4-6-8-13/h4-10,14-15H,11-12H2,1-3H3/t14-,15+/m0/s1. The molecule has 1 aliphatic heterocycles. The number of hydrogen-bond acceptors (Lipinski definition) is 2. The van der Waals surface area contributed by atoms with Gasteiger partial charge in [0, 0.05) is 0 Å². The molecule has 2 atom stereocenters. The summed E-state index contributed by atoms with van der Waals surface area (Å²) in [6, 6.07) is 10.2. The molecule has 0 radical (unpaired) electrons. The van der Waals surface area contributed by atoms with E-state index in [0.717, 1.165) is 0 Å². The van der Waals surface area contributed by atoms with Crippen molar-refractivity contribution in [2.45, 2.75) is 39.6 Å².